The van der Waals surface area contributed by atoms with Gasteiger partial charge in [-0.2, -0.15) is 0 Å². The Kier molecular flexibility index (Phi) is 3.25. The Morgan fingerprint density at radius 1 is 1.31 bits per heavy atom. The van der Waals surface area contributed by atoms with E-state index >= 15 is 0 Å². The molecule has 2 rings (SSSR count). The minimum atomic E-state index is -1.18. The number of aliphatic hydroxyl groups excluding tert-OH is 2. The van der Waals surface area contributed by atoms with Crippen LogP contribution in [0.1, 0.15) is 12.0 Å². The van der Waals surface area contributed by atoms with Crippen molar-refractivity contribution in [3.05, 3.63) is 35.9 Å². The highest BCUT2D eigenvalue weighted by Gasteiger charge is 2.46. The Balaban J connectivity index is 2.13. The van der Waals surface area contributed by atoms with Crippen LogP contribution in [0.4, 0.5) is 0 Å². The number of ether oxygens (including phenoxy) is 1. The van der Waals surface area contributed by atoms with E-state index in [1.54, 1.807) is 0 Å². The lowest BCUT2D eigenvalue weighted by molar-refractivity contribution is -0.120. The molecule has 0 bridgehead atoms. The van der Waals surface area contributed by atoms with E-state index in [4.69, 9.17) is 9.84 Å². The maximum atomic E-state index is 10.3. The summed E-state index contributed by atoms with van der Waals surface area (Å²) in [7, 11) is 0. The zero-order chi connectivity index (χ0) is 11.6. The van der Waals surface area contributed by atoms with Crippen molar-refractivity contribution in [3.8, 4) is 0 Å². The van der Waals surface area contributed by atoms with Crippen molar-refractivity contribution in [2.24, 2.45) is 0 Å². The van der Waals surface area contributed by atoms with Crippen LogP contribution in [-0.2, 0) is 11.2 Å². The Labute approximate surface area is 94.1 Å². The molecular weight excluding hydrogens is 208 g/mol. The molecule has 0 amide bonds. The normalized spacial score (nSPS) is 34.2. The molecule has 0 aliphatic carbocycles. The van der Waals surface area contributed by atoms with Crippen LogP contribution in [-0.4, -0.2) is 39.9 Å². The fraction of sp³-hybridized carbons (Fsp3) is 0.500. The predicted octanol–water partition coefficient (Wildman–Crippen LogP) is 0.0598. The molecule has 0 radical (unpaired) electrons. The van der Waals surface area contributed by atoms with Gasteiger partial charge < -0.3 is 20.1 Å². The van der Waals surface area contributed by atoms with Gasteiger partial charge in [0.1, 0.15) is 11.7 Å². The largest absolute Gasteiger partial charge is 0.394 e. The molecule has 3 N–H and O–H groups in total. The molecule has 1 saturated heterocycles. The van der Waals surface area contributed by atoms with E-state index in [-0.39, 0.29) is 13.0 Å². The topological polar surface area (TPSA) is 69.9 Å². The van der Waals surface area contributed by atoms with Gasteiger partial charge in [0.15, 0.2) is 6.29 Å². The lowest BCUT2D eigenvalue weighted by atomic mass is 9.88. The van der Waals surface area contributed by atoms with Crippen molar-refractivity contribution >= 4 is 0 Å². The van der Waals surface area contributed by atoms with Gasteiger partial charge in [0.05, 0.1) is 6.61 Å². The first-order chi connectivity index (χ1) is 7.64. The molecule has 1 aliphatic rings. The van der Waals surface area contributed by atoms with Crippen molar-refractivity contribution in [1.82, 2.24) is 0 Å². The summed E-state index contributed by atoms with van der Waals surface area (Å²) in [6.45, 7) is -0.291. The Hall–Kier alpha value is -0.940. The van der Waals surface area contributed by atoms with Crippen LogP contribution < -0.4 is 0 Å². The quantitative estimate of drug-likeness (QED) is 0.679. The van der Waals surface area contributed by atoms with Gasteiger partial charge in [-0.25, -0.2) is 0 Å². The molecule has 1 aromatic rings. The van der Waals surface area contributed by atoms with Crippen LogP contribution in [0.15, 0.2) is 30.3 Å². The van der Waals surface area contributed by atoms with Crippen LogP contribution in [0.5, 0.6) is 0 Å². The second-order valence-corrected chi connectivity index (χ2v) is 4.23. The van der Waals surface area contributed by atoms with Crippen LogP contribution in [0.3, 0.4) is 0 Å². The third kappa shape index (κ3) is 2.25. The molecule has 0 aromatic heterocycles. The van der Waals surface area contributed by atoms with Crippen LogP contribution in [0, 0.1) is 0 Å². The standard InChI is InChI=1S/C12H16O4/c13-8-10-12(15,7-11(14)16-10)6-9-4-2-1-3-5-9/h1-5,10-11,13-15H,6-8H2/t10-,11?,12-/m1/s1. The molecule has 88 valence electrons. The van der Waals surface area contributed by atoms with E-state index in [1.807, 2.05) is 30.3 Å². The first-order valence-corrected chi connectivity index (χ1v) is 5.35. The molecule has 16 heavy (non-hydrogen) atoms. The van der Waals surface area contributed by atoms with Gasteiger partial charge in [-0.1, -0.05) is 30.3 Å². The van der Waals surface area contributed by atoms with E-state index < -0.39 is 18.0 Å². The monoisotopic (exact) mass is 224 g/mol. The number of aliphatic hydroxyl groups is 3. The molecule has 3 atom stereocenters. The number of benzene rings is 1. The summed E-state index contributed by atoms with van der Waals surface area (Å²) in [4.78, 5) is 0. The second-order valence-electron chi connectivity index (χ2n) is 4.23. The van der Waals surface area contributed by atoms with E-state index in [2.05, 4.69) is 0 Å². The number of rotatable bonds is 3. The van der Waals surface area contributed by atoms with Gasteiger partial charge in [-0.3, -0.25) is 0 Å². The lowest BCUT2D eigenvalue weighted by Crippen LogP contribution is -2.42. The van der Waals surface area contributed by atoms with Gasteiger partial charge in [-0.15, -0.1) is 0 Å². The zero-order valence-corrected chi connectivity index (χ0v) is 8.91. The van der Waals surface area contributed by atoms with Crippen molar-refractivity contribution < 1.29 is 20.1 Å². The molecule has 0 spiro atoms. The molecule has 1 unspecified atom stereocenters. The van der Waals surface area contributed by atoms with E-state index in [0.29, 0.717) is 6.42 Å². The van der Waals surface area contributed by atoms with Gasteiger partial charge in [0, 0.05) is 12.8 Å². The molecule has 4 nitrogen and oxygen atoms in total. The van der Waals surface area contributed by atoms with E-state index in [0.717, 1.165) is 5.56 Å². The van der Waals surface area contributed by atoms with Crippen LogP contribution in [0.25, 0.3) is 0 Å². The highest BCUT2D eigenvalue weighted by Crippen LogP contribution is 2.32. The van der Waals surface area contributed by atoms with Crippen molar-refractivity contribution in [1.29, 1.82) is 0 Å². The molecule has 1 fully saturated rings. The van der Waals surface area contributed by atoms with E-state index in [1.165, 1.54) is 0 Å². The summed E-state index contributed by atoms with van der Waals surface area (Å²) in [6, 6.07) is 9.48. The van der Waals surface area contributed by atoms with Gasteiger partial charge >= 0.3 is 0 Å². The summed E-state index contributed by atoms with van der Waals surface area (Å²) < 4.78 is 5.05. The second kappa shape index (κ2) is 4.51. The van der Waals surface area contributed by atoms with Crippen molar-refractivity contribution in [2.75, 3.05) is 6.61 Å². The summed E-state index contributed by atoms with van der Waals surface area (Å²) in [6.07, 6.45) is -1.21. The van der Waals surface area contributed by atoms with E-state index in [9.17, 15) is 10.2 Å². The first kappa shape index (κ1) is 11.5. The van der Waals surface area contributed by atoms with Crippen molar-refractivity contribution in [3.63, 3.8) is 0 Å². The summed E-state index contributed by atoms with van der Waals surface area (Å²) in [5, 5.41) is 28.8. The predicted molar refractivity (Wildman–Crippen MR) is 57.7 cm³/mol. The molecule has 1 heterocycles. The fourth-order valence-electron chi connectivity index (χ4n) is 2.15. The molecule has 0 saturated carbocycles. The van der Waals surface area contributed by atoms with Gasteiger partial charge in [-0.05, 0) is 5.56 Å². The molecule has 1 aliphatic heterocycles. The highest BCUT2D eigenvalue weighted by atomic mass is 16.6. The average Bonchev–Trinajstić information content (AvgIpc) is 2.54. The lowest BCUT2D eigenvalue weighted by Gasteiger charge is -2.26. The first-order valence-electron chi connectivity index (χ1n) is 5.35. The Bertz CT molecular complexity index is 340. The van der Waals surface area contributed by atoms with Gasteiger partial charge in [0.25, 0.3) is 0 Å². The summed E-state index contributed by atoms with van der Waals surface area (Å²) >= 11 is 0. The molecule has 1 aromatic carbocycles. The fourth-order valence-corrected chi connectivity index (χ4v) is 2.15. The minimum absolute atomic E-state index is 0.132. The molecular formula is C12H16O4. The number of hydrogen-bond donors (Lipinski definition) is 3. The average molecular weight is 224 g/mol. The Morgan fingerprint density at radius 3 is 2.62 bits per heavy atom. The third-order valence-corrected chi connectivity index (χ3v) is 2.97. The minimum Gasteiger partial charge on any atom is -0.394 e. The van der Waals surface area contributed by atoms with Gasteiger partial charge in [0.2, 0.25) is 0 Å². The van der Waals surface area contributed by atoms with Crippen LogP contribution in [0.2, 0.25) is 0 Å². The third-order valence-electron chi connectivity index (χ3n) is 2.97. The smallest absolute Gasteiger partial charge is 0.158 e. The van der Waals surface area contributed by atoms with Crippen LogP contribution >= 0.6 is 0 Å². The summed E-state index contributed by atoms with van der Waals surface area (Å²) in [5.74, 6) is 0. The SMILES string of the molecule is OC[C@H]1OC(O)C[C@]1(O)Cc1ccccc1. The highest BCUT2D eigenvalue weighted by molar-refractivity contribution is 5.18. The Morgan fingerprint density at radius 2 is 2.00 bits per heavy atom. The molecule has 4 heteroatoms. The summed E-state index contributed by atoms with van der Waals surface area (Å²) in [5.41, 5.74) is -0.226. The maximum Gasteiger partial charge on any atom is 0.158 e. The van der Waals surface area contributed by atoms with Crippen molar-refractivity contribution in [2.45, 2.75) is 30.8 Å². The maximum absolute atomic E-state index is 10.3. The number of hydrogen-bond acceptors (Lipinski definition) is 4. The zero-order valence-electron chi connectivity index (χ0n) is 8.91.